The van der Waals surface area contributed by atoms with E-state index in [1.807, 2.05) is 31.2 Å². The molecule has 2 N–H and O–H groups in total. The number of hydrogen-bond acceptors (Lipinski definition) is 5. The molecule has 4 rings (SSSR count). The molecule has 0 saturated heterocycles. The molecule has 0 amide bonds. The molecule has 0 bridgehead atoms. The minimum Gasteiger partial charge on any atom is -0.382 e. The highest BCUT2D eigenvalue weighted by molar-refractivity contribution is 6.34. The Morgan fingerprint density at radius 3 is 2.42 bits per heavy atom. The monoisotopic (exact) mass is 436 g/mol. The molecule has 0 aliphatic carbocycles. The third-order valence-corrected chi connectivity index (χ3v) is 5.35. The SMILES string of the molecule is CC(Nc1c(Cl)cnc2ccc(-c3cnc(C(C)(C)O)nc3)cc12)c1cccc(F)c1. The first kappa shape index (κ1) is 21.2. The minimum atomic E-state index is -1.11. The van der Waals surface area contributed by atoms with E-state index in [0.29, 0.717) is 10.8 Å². The summed E-state index contributed by atoms with van der Waals surface area (Å²) in [5.41, 5.74) is 2.89. The van der Waals surface area contributed by atoms with Crippen molar-refractivity contribution >= 4 is 28.2 Å². The van der Waals surface area contributed by atoms with Gasteiger partial charge in [-0.3, -0.25) is 4.98 Å². The van der Waals surface area contributed by atoms with Crippen molar-refractivity contribution in [3.05, 3.63) is 83.3 Å². The van der Waals surface area contributed by atoms with E-state index in [2.05, 4.69) is 20.3 Å². The first-order valence-electron chi connectivity index (χ1n) is 9.88. The summed E-state index contributed by atoms with van der Waals surface area (Å²) in [6.07, 6.45) is 4.97. The molecule has 7 heteroatoms. The van der Waals surface area contributed by atoms with Gasteiger partial charge in [0.1, 0.15) is 11.4 Å². The zero-order chi connectivity index (χ0) is 22.2. The molecule has 0 saturated carbocycles. The molecule has 158 valence electrons. The van der Waals surface area contributed by atoms with Crippen LogP contribution in [0.5, 0.6) is 0 Å². The highest BCUT2D eigenvalue weighted by atomic mass is 35.5. The molecule has 4 aromatic rings. The topological polar surface area (TPSA) is 70.9 Å². The summed E-state index contributed by atoms with van der Waals surface area (Å²) >= 11 is 6.48. The number of pyridine rings is 1. The van der Waals surface area contributed by atoms with Gasteiger partial charge in [-0.05, 0) is 56.2 Å². The van der Waals surface area contributed by atoms with Crippen molar-refractivity contribution in [2.45, 2.75) is 32.4 Å². The number of halogens is 2. The lowest BCUT2D eigenvalue weighted by molar-refractivity contribution is 0.0687. The number of nitrogens with one attached hydrogen (secondary N) is 1. The molecule has 2 aromatic heterocycles. The van der Waals surface area contributed by atoms with Gasteiger partial charge in [0.2, 0.25) is 0 Å². The number of hydrogen-bond donors (Lipinski definition) is 2. The Morgan fingerprint density at radius 2 is 1.74 bits per heavy atom. The van der Waals surface area contributed by atoms with Crippen LogP contribution in [0.3, 0.4) is 0 Å². The number of fused-ring (bicyclic) bond motifs is 1. The first-order valence-corrected chi connectivity index (χ1v) is 10.3. The van der Waals surface area contributed by atoms with Crippen LogP contribution >= 0.6 is 11.6 Å². The fourth-order valence-corrected chi connectivity index (χ4v) is 3.57. The average Bonchev–Trinajstić information content (AvgIpc) is 2.75. The zero-order valence-electron chi connectivity index (χ0n) is 17.4. The van der Waals surface area contributed by atoms with Crippen molar-refractivity contribution in [1.82, 2.24) is 15.0 Å². The van der Waals surface area contributed by atoms with E-state index < -0.39 is 5.60 Å². The molecule has 2 heterocycles. The molecule has 2 aromatic carbocycles. The van der Waals surface area contributed by atoms with E-state index in [1.54, 1.807) is 38.5 Å². The number of aromatic nitrogens is 3. The van der Waals surface area contributed by atoms with Crippen molar-refractivity contribution in [3.63, 3.8) is 0 Å². The Hall–Kier alpha value is -3.09. The molecule has 0 spiro atoms. The second kappa shape index (κ2) is 8.21. The molecule has 0 fully saturated rings. The van der Waals surface area contributed by atoms with Gasteiger partial charge in [-0.2, -0.15) is 0 Å². The molecule has 0 aliphatic heterocycles. The van der Waals surface area contributed by atoms with Gasteiger partial charge in [-0.15, -0.1) is 0 Å². The van der Waals surface area contributed by atoms with Crippen molar-refractivity contribution in [2.24, 2.45) is 0 Å². The van der Waals surface area contributed by atoms with E-state index in [9.17, 15) is 9.50 Å². The van der Waals surface area contributed by atoms with E-state index >= 15 is 0 Å². The Morgan fingerprint density at radius 1 is 1.00 bits per heavy atom. The maximum atomic E-state index is 13.6. The van der Waals surface area contributed by atoms with Crippen LogP contribution in [0.1, 0.15) is 38.2 Å². The predicted molar refractivity (Wildman–Crippen MR) is 121 cm³/mol. The third kappa shape index (κ3) is 4.50. The number of rotatable bonds is 5. The lowest BCUT2D eigenvalue weighted by atomic mass is 10.0. The summed E-state index contributed by atoms with van der Waals surface area (Å²) in [6, 6.07) is 12.1. The van der Waals surface area contributed by atoms with E-state index in [0.717, 1.165) is 33.3 Å². The van der Waals surface area contributed by atoms with Gasteiger partial charge in [-0.1, -0.05) is 29.8 Å². The van der Waals surface area contributed by atoms with Crippen LogP contribution in [-0.4, -0.2) is 20.1 Å². The largest absolute Gasteiger partial charge is 0.382 e. The summed E-state index contributed by atoms with van der Waals surface area (Å²) in [7, 11) is 0. The molecule has 0 aliphatic rings. The van der Waals surface area contributed by atoms with Gasteiger partial charge in [0.25, 0.3) is 0 Å². The fraction of sp³-hybridized carbons (Fsp3) is 0.208. The molecule has 0 radical (unpaired) electrons. The van der Waals surface area contributed by atoms with Gasteiger partial charge in [0, 0.05) is 35.6 Å². The Balaban J connectivity index is 1.73. The van der Waals surface area contributed by atoms with Gasteiger partial charge < -0.3 is 10.4 Å². The average molecular weight is 437 g/mol. The molecular weight excluding hydrogens is 415 g/mol. The summed E-state index contributed by atoms with van der Waals surface area (Å²) in [6.45, 7) is 5.23. The van der Waals surface area contributed by atoms with Crippen LogP contribution in [0.4, 0.5) is 10.1 Å². The van der Waals surface area contributed by atoms with Crippen molar-refractivity contribution in [3.8, 4) is 11.1 Å². The Bertz CT molecular complexity index is 1240. The summed E-state index contributed by atoms with van der Waals surface area (Å²) < 4.78 is 13.6. The maximum Gasteiger partial charge on any atom is 0.159 e. The van der Waals surface area contributed by atoms with Gasteiger partial charge in [0.05, 0.1) is 16.2 Å². The molecular formula is C24H22ClFN4O. The quantitative estimate of drug-likeness (QED) is 0.408. The van der Waals surface area contributed by atoms with Crippen LogP contribution in [-0.2, 0) is 5.60 Å². The maximum absolute atomic E-state index is 13.6. The Labute approximate surface area is 185 Å². The minimum absolute atomic E-state index is 0.170. The van der Waals surface area contributed by atoms with Crippen molar-refractivity contribution < 1.29 is 9.50 Å². The zero-order valence-corrected chi connectivity index (χ0v) is 18.2. The normalized spacial score (nSPS) is 12.7. The lowest BCUT2D eigenvalue weighted by Crippen LogP contribution is -2.19. The fourth-order valence-electron chi connectivity index (χ4n) is 3.36. The van der Waals surface area contributed by atoms with Crippen molar-refractivity contribution in [2.75, 3.05) is 5.32 Å². The second-order valence-corrected chi connectivity index (χ2v) is 8.40. The third-order valence-electron chi connectivity index (χ3n) is 5.06. The summed E-state index contributed by atoms with van der Waals surface area (Å²) in [5, 5.41) is 14.8. The molecule has 31 heavy (non-hydrogen) atoms. The van der Waals surface area contributed by atoms with E-state index in [4.69, 9.17) is 11.6 Å². The summed E-state index contributed by atoms with van der Waals surface area (Å²) in [4.78, 5) is 13.0. The second-order valence-electron chi connectivity index (χ2n) is 7.99. The highest BCUT2D eigenvalue weighted by Crippen LogP contribution is 2.35. The van der Waals surface area contributed by atoms with E-state index in [-0.39, 0.29) is 11.9 Å². The van der Waals surface area contributed by atoms with E-state index in [1.165, 1.54) is 12.1 Å². The first-order chi connectivity index (χ1) is 14.7. The van der Waals surface area contributed by atoms with Crippen LogP contribution in [0.25, 0.3) is 22.0 Å². The Kier molecular flexibility index (Phi) is 5.60. The molecule has 1 atom stereocenters. The van der Waals surface area contributed by atoms with Crippen LogP contribution in [0.2, 0.25) is 5.02 Å². The smallest absolute Gasteiger partial charge is 0.159 e. The number of aliphatic hydroxyl groups is 1. The predicted octanol–water partition coefficient (Wildman–Crippen LogP) is 5.88. The van der Waals surface area contributed by atoms with Crippen molar-refractivity contribution in [1.29, 1.82) is 0 Å². The molecule has 1 unspecified atom stereocenters. The van der Waals surface area contributed by atoms with Crippen LogP contribution < -0.4 is 5.32 Å². The van der Waals surface area contributed by atoms with Crippen LogP contribution in [0.15, 0.2) is 61.1 Å². The number of anilines is 1. The number of nitrogens with zero attached hydrogens (tertiary/aromatic N) is 3. The standard InChI is InChI=1S/C24H22ClFN4O/c1-14(15-5-4-6-18(26)9-15)30-22-19-10-16(7-8-21(19)27-13-20(22)25)17-11-28-23(29-12-17)24(2,3)31/h4-14,31H,1-3H3,(H,27,30). The highest BCUT2D eigenvalue weighted by Gasteiger charge is 2.19. The van der Waals surface area contributed by atoms with Crippen LogP contribution in [0, 0.1) is 5.82 Å². The lowest BCUT2D eigenvalue weighted by Gasteiger charge is -2.19. The van der Waals surface area contributed by atoms with Gasteiger partial charge in [-0.25, -0.2) is 14.4 Å². The number of benzene rings is 2. The summed E-state index contributed by atoms with van der Waals surface area (Å²) in [5.74, 6) is 0.0710. The van der Waals surface area contributed by atoms with Gasteiger partial charge >= 0.3 is 0 Å². The van der Waals surface area contributed by atoms with Gasteiger partial charge in [0.15, 0.2) is 5.82 Å². The molecule has 5 nitrogen and oxygen atoms in total.